The van der Waals surface area contributed by atoms with Crippen molar-refractivity contribution in [1.82, 2.24) is 0 Å². The highest BCUT2D eigenvalue weighted by Crippen LogP contribution is 2.08. The van der Waals surface area contributed by atoms with E-state index in [0.29, 0.717) is 13.2 Å². The Bertz CT molecular complexity index is 109. The van der Waals surface area contributed by atoms with Crippen molar-refractivity contribution in [2.45, 2.75) is 0 Å². The van der Waals surface area contributed by atoms with Gasteiger partial charge in [-0.3, -0.25) is 0 Å². The van der Waals surface area contributed by atoms with Crippen LogP contribution in [0, 0.1) is 5.92 Å². The molecule has 4 nitrogen and oxygen atoms in total. The van der Waals surface area contributed by atoms with Crippen molar-refractivity contribution in [1.29, 1.82) is 0 Å². The Labute approximate surface area is 46.9 Å². The molecule has 0 radical (unpaired) electrons. The Morgan fingerprint density at radius 3 is 2.50 bits per heavy atom. The average molecular weight is 116 g/mol. The van der Waals surface area contributed by atoms with Gasteiger partial charge in [0.25, 0.3) is 0 Å². The molecule has 0 amide bonds. The van der Waals surface area contributed by atoms with Crippen molar-refractivity contribution in [3.8, 4) is 0 Å². The number of rotatable bonds is 1. The summed E-state index contributed by atoms with van der Waals surface area (Å²) in [5, 5.41) is 10.9. The molecule has 0 saturated carbocycles. The highest BCUT2D eigenvalue weighted by atomic mass is 16.5. The van der Waals surface area contributed by atoms with E-state index in [0.717, 1.165) is 0 Å². The molecule has 1 saturated heterocycles. The van der Waals surface area contributed by atoms with Crippen LogP contribution in [0.5, 0.6) is 0 Å². The molecular weight excluding hydrogens is 108 g/mol. The normalized spacial score (nSPS) is 22.8. The first-order valence-electron chi connectivity index (χ1n) is 2.39. The quantitative estimate of drug-likeness (QED) is 0.207. The Kier molecular flexibility index (Phi) is 1.34. The van der Waals surface area contributed by atoms with E-state index < -0.39 is 0 Å². The number of hydrogen-bond donors (Lipinski definition) is 2. The molecule has 1 rings (SSSR count). The third-order valence-electron chi connectivity index (χ3n) is 1.17. The molecule has 0 aromatic carbocycles. The Morgan fingerprint density at radius 2 is 2.38 bits per heavy atom. The minimum absolute atomic E-state index is 0.153. The van der Waals surface area contributed by atoms with Gasteiger partial charge in [-0.25, -0.2) is 0 Å². The van der Waals surface area contributed by atoms with Crippen LogP contribution in [0.4, 0.5) is 0 Å². The van der Waals surface area contributed by atoms with Crippen LogP contribution < -0.4 is 5.73 Å². The second-order valence-electron chi connectivity index (χ2n) is 1.76. The van der Waals surface area contributed by atoms with Gasteiger partial charge in [0.15, 0.2) is 0 Å². The van der Waals surface area contributed by atoms with Gasteiger partial charge in [0, 0.05) is 0 Å². The fraction of sp³-hybridized carbons (Fsp3) is 0.750. The summed E-state index contributed by atoms with van der Waals surface area (Å²) in [6.45, 7) is 1.19. The summed E-state index contributed by atoms with van der Waals surface area (Å²) in [4.78, 5) is 0. The first-order chi connectivity index (χ1) is 3.84. The fourth-order valence-electron chi connectivity index (χ4n) is 0.488. The molecule has 0 bridgehead atoms. The number of hydrogen-bond acceptors (Lipinski definition) is 3. The maximum atomic E-state index is 8.08. The molecule has 1 fully saturated rings. The Hall–Kier alpha value is -0.770. The van der Waals surface area contributed by atoms with Crippen molar-refractivity contribution < 1.29 is 9.94 Å². The molecule has 3 N–H and O–H groups in total. The highest BCUT2D eigenvalue weighted by molar-refractivity contribution is 5.83. The fourth-order valence-corrected chi connectivity index (χ4v) is 0.488. The maximum Gasteiger partial charge on any atom is 0.146 e. The predicted molar refractivity (Wildman–Crippen MR) is 27.7 cm³/mol. The lowest BCUT2D eigenvalue weighted by Gasteiger charge is -2.23. The molecule has 0 atom stereocenters. The largest absolute Gasteiger partial charge is 0.409 e. The molecule has 4 heteroatoms. The minimum atomic E-state index is 0.153. The Morgan fingerprint density at radius 1 is 1.75 bits per heavy atom. The van der Waals surface area contributed by atoms with E-state index in [1.165, 1.54) is 0 Å². The van der Waals surface area contributed by atoms with Crippen LogP contribution in [0.1, 0.15) is 0 Å². The third-order valence-corrected chi connectivity index (χ3v) is 1.17. The van der Waals surface area contributed by atoms with E-state index in [4.69, 9.17) is 15.7 Å². The summed E-state index contributed by atoms with van der Waals surface area (Å²) in [5.41, 5.74) is 5.20. The lowest BCUT2D eigenvalue weighted by atomic mass is 10.1. The Balaban J connectivity index is 2.34. The highest BCUT2D eigenvalue weighted by Gasteiger charge is 2.22. The van der Waals surface area contributed by atoms with Crippen LogP contribution in [0.2, 0.25) is 0 Å². The topological polar surface area (TPSA) is 67.8 Å². The molecule has 0 aromatic heterocycles. The van der Waals surface area contributed by atoms with Gasteiger partial charge in [-0.15, -0.1) is 0 Å². The SMILES string of the molecule is N/C(=N\O)C1COC1. The van der Waals surface area contributed by atoms with Crippen LogP contribution >= 0.6 is 0 Å². The first kappa shape index (κ1) is 5.37. The summed E-state index contributed by atoms with van der Waals surface area (Å²) in [5.74, 6) is 0.427. The van der Waals surface area contributed by atoms with Crippen LogP contribution in [-0.4, -0.2) is 24.3 Å². The predicted octanol–water partition coefficient (Wildman–Crippen LogP) is -0.621. The van der Waals surface area contributed by atoms with Crippen molar-refractivity contribution in [2.24, 2.45) is 16.8 Å². The zero-order valence-electron chi connectivity index (χ0n) is 4.37. The zero-order chi connectivity index (χ0) is 5.98. The van der Waals surface area contributed by atoms with E-state index in [9.17, 15) is 0 Å². The minimum Gasteiger partial charge on any atom is -0.409 e. The summed E-state index contributed by atoms with van der Waals surface area (Å²) in [6, 6.07) is 0. The van der Waals surface area contributed by atoms with Crippen molar-refractivity contribution in [2.75, 3.05) is 13.2 Å². The number of nitrogens with two attached hydrogens (primary N) is 1. The second kappa shape index (κ2) is 2.00. The van der Waals surface area contributed by atoms with Gasteiger partial charge >= 0.3 is 0 Å². The molecule has 8 heavy (non-hydrogen) atoms. The average Bonchev–Trinajstić information content (AvgIpc) is 1.62. The van der Waals surface area contributed by atoms with E-state index in [2.05, 4.69) is 5.16 Å². The number of amidine groups is 1. The number of oxime groups is 1. The van der Waals surface area contributed by atoms with Crippen LogP contribution in [0.25, 0.3) is 0 Å². The van der Waals surface area contributed by atoms with E-state index in [-0.39, 0.29) is 11.8 Å². The van der Waals surface area contributed by atoms with E-state index in [1.54, 1.807) is 0 Å². The molecule has 1 aliphatic heterocycles. The van der Waals surface area contributed by atoms with E-state index >= 15 is 0 Å². The van der Waals surface area contributed by atoms with Gasteiger partial charge in [-0.1, -0.05) is 5.16 Å². The van der Waals surface area contributed by atoms with Crippen LogP contribution in [-0.2, 0) is 4.74 Å². The number of ether oxygens (including phenoxy) is 1. The van der Waals surface area contributed by atoms with Gasteiger partial charge < -0.3 is 15.7 Å². The molecule has 0 aromatic rings. The summed E-state index contributed by atoms with van der Waals surface area (Å²) >= 11 is 0. The molecule has 1 aliphatic rings. The molecule has 1 heterocycles. The second-order valence-corrected chi connectivity index (χ2v) is 1.76. The van der Waals surface area contributed by atoms with Gasteiger partial charge in [0.1, 0.15) is 5.84 Å². The molecular formula is C4H8N2O2. The van der Waals surface area contributed by atoms with Gasteiger partial charge in [0.2, 0.25) is 0 Å². The molecule has 46 valence electrons. The van der Waals surface area contributed by atoms with Crippen molar-refractivity contribution in [3.05, 3.63) is 0 Å². The third kappa shape index (κ3) is 0.742. The number of nitrogens with zero attached hydrogens (tertiary/aromatic N) is 1. The molecule has 0 spiro atoms. The van der Waals surface area contributed by atoms with Crippen LogP contribution in [0.15, 0.2) is 5.16 Å². The first-order valence-corrected chi connectivity index (χ1v) is 2.39. The lowest BCUT2D eigenvalue weighted by molar-refractivity contribution is 0.0000511. The van der Waals surface area contributed by atoms with Crippen molar-refractivity contribution in [3.63, 3.8) is 0 Å². The summed E-state index contributed by atoms with van der Waals surface area (Å²) < 4.78 is 4.79. The van der Waals surface area contributed by atoms with E-state index in [1.807, 2.05) is 0 Å². The summed E-state index contributed by atoms with van der Waals surface area (Å²) in [7, 11) is 0. The zero-order valence-corrected chi connectivity index (χ0v) is 4.37. The van der Waals surface area contributed by atoms with Crippen molar-refractivity contribution >= 4 is 5.84 Å². The maximum absolute atomic E-state index is 8.08. The summed E-state index contributed by atoms with van der Waals surface area (Å²) in [6.07, 6.45) is 0. The lowest BCUT2D eigenvalue weighted by Crippen LogP contribution is -2.39. The molecule has 0 unspecified atom stereocenters. The smallest absolute Gasteiger partial charge is 0.146 e. The van der Waals surface area contributed by atoms with Gasteiger partial charge in [-0.2, -0.15) is 0 Å². The monoisotopic (exact) mass is 116 g/mol. The molecule has 0 aliphatic carbocycles. The van der Waals surface area contributed by atoms with Crippen LogP contribution in [0.3, 0.4) is 0 Å². The standard InChI is InChI=1S/C4H8N2O2/c5-4(6-7)3-1-8-2-3/h3,7H,1-2H2,(H2,5,6). The van der Waals surface area contributed by atoms with Gasteiger partial charge in [0.05, 0.1) is 19.1 Å². The van der Waals surface area contributed by atoms with Gasteiger partial charge in [-0.05, 0) is 0 Å².